The van der Waals surface area contributed by atoms with E-state index in [0.717, 1.165) is 51.4 Å². The molecule has 6 rings (SSSR count). The number of likely N-dealkylation sites (tertiary alicyclic amines) is 2. The van der Waals surface area contributed by atoms with Gasteiger partial charge in [-0.15, -0.1) is 0 Å². The number of morpholine rings is 1. The number of hydrogen-bond acceptors (Lipinski definition) is 5. The molecule has 5 aliphatic rings. The van der Waals surface area contributed by atoms with Crippen LogP contribution in [0.4, 0.5) is 0 Å². The molecule has 2 saturated carbocycles. The minimum atomic E-state index is -3.74. The molecule has 0 bridgehead atoms. The quantitative estimate of drug-likeness (QED) is 0.307. The van der Waals surface area contributed by atoms with Crippen molar-refractivity contribution >= 4 is 27.5 Å². The van der Waals surface area contributed by atoms with Crippen molar-refractivity contribution in [3.8, 4) is 0 Å². The van der Waals surface area contributed by atoms with Crippen LogP contribution in [0.15, 0.2) is 29.2 Å². The minimum absolute atomic E-state index is 0.162. The van der Waals surface area contributed by atoms with E-state index in [4.69, 9.17) is 16.3 Å². The highest BCUT2D eigenvalue weighted by molar-refractivity contribution is 7.89. The van der Waals surface area contributed by atoms with Gasteiger partial charge in [0.2, 0.25) is 15.9 Å². The Kier molecular flexibility index (Phi) is 12.4. The third-order valence-corrected chi connectivity index (χ3v) is 12.3. The number of rotatable bonds is 8. The number of carbonyl (C=O) groups is 1. The monoisotopic (exact) mass is 637 g/mol. The molecule has 3 unspecified atom stereocenters. The molecule has 0 N–H and O–H groups in total. The van der Waals surface area contributed by atoms with Crippen molar-refractivity contribution in [2.45, 2.75) is 134 Å². The second-order valence-corrected chi connectivity index (χ2v) is 15.6. The molecule has 0 radical (unpaired) electrons. The fraction of sp³-hybridized carbons (Fsp3) is 0.794. The van der Waals surface area contributed by atoms with E-state index in [1.165, 1.54) is 32.4 Å². The van der Waals surface area contributed by atoms with Crippen molar-refractivity contribution in [3.05, 3.63) is 29.3 Å². The lowest BCUT2D eigenvalue weighted by Gasteiger charge is -2.45. The van der Waals surface area contributed by atoms with Crippen LogP contribution in [0.25, 0.3) is 0 Å². The molecule has 1 amide bonds. The molecule has 1 aromatic carbocycles. The van der Waals surface area contributed by atoms with Gasteiger partial charge in [0, 0.05) is 23.5 Å². The van der Waals surface area contributed by atoms with Gasteiger partial charge in [-0.2, -0.15) is 4.31 Å². The predicted molar refractivity (Wildman–Crippen MR) is 175 cm³/mol. The van der Waals surface area contributed by atoms with Gasteiger partial charge in [0.1, 0.15) is 0 Å². The number of benzene rings is 1. The van der Waals surface area contributed by atoms with Gasteiger partial charge in [0.05, 0.1) is 30.2 Å². The van der Waals surface area contributed by atoms with E-state index in [1.807, 2.05) is 13.8 Å². The number of nitrogens with zero attached hydrogens (tertiary/aromatic N) is 3. The molecule has 9 heteroatoms. The number of piperidine rings is 1. The molecular weight excluding hydrogens is 582 g/mol. The maximum atomic E-state index is 14.0. The van der Waals surface area contributed by atoms with Gasteiger partial charge in [0.25, 0.3) is 0 Å². The first-order chi connectivity index (χ1) is 20.7. The van der Waals surface area contributed by atoms with Crippen LogP contribution in [0.2, 0.25) is 5.02 Å². The van der Waals surface area contributed by atoms with Crippen molar-refractivity contribution in [1.29, 1.82) is 0 Å². The molecule has 3 heterocycles. The fourth-order valence-corrected chi connectivity index (χ4v) is 9.45. The van der Waals surface area contributed by atoms with E-state index in [2.05, 4.69) is 30.7 Å². The zero-order chi connectivity index (χ0) is 31.2. The summed E-state index contributed by atoms with van der Waals surface area (Å²) < 4.78 is 35.8. The third-order valence-electron chi connectivity index (χ3n) is 10.1. The standard InChI is InChI=1S/C26H37ClN2O4S.C6H13N.C2H6/c1-3-4-21-10-5-18(2)28(21)25(30)15-26(13-14-26)24-17-33-16-23(19-6-7-19)29(24)34(31,32)22-11-8-20(27)9-12-22;1-7-5-3-2-4-6-7;1-2/h8-9,11-12,18-19,21,23-24H,3-7,10,13-17H2,1-2H3;2-6H2,1H3;1-2H3/t18?,21?,23?,24-;;/m1../s1. The third kappa shape index (κ3) is 8.35. The molecule has 3 aliphatic heterocycles. The van der Waals surface area contributed by atoms with Crippen LogP contribution in [-0.2, 0) is 19.6 Å². The maximum absolute atomic E-state index is 14.0. The van der Waals surface area contributed by atoms with Crippen molar-refractivity contribution in [2.24, 2.45) is 11.3 Å². The molecule has 5 fully saturated rings. The van der Waals surface area contributed by atoms with Crippen LogP contribution in [0.1, 0.15) is 105 Å². The SMILES string of the molecule is CC.CCCC1CCC(C)N1C(=O)CC1([C@H]2COCC(C3CC3)N2S(=O)(=O)c2ccc(Cl)cc2)CC1.CN1CCCCC1. The van der Waals surface area contributed by atoms with Crippen molar-refractivity contribution < 1.29 is 17.9 Å². The second-order valence-electron chi connectivity index (χ2n) is 13.3. The first kappa shape index (κ1) is 34.7. The Morgan fingerprint density at radius 2 is 1.65 bits per heavy atom. The van der Waals surface area contributed by atoms with Gasteiger partial charge in [-0.3, -0.25) is 4.79 Å². The van der Waals surface area contributed by atoms with Crippen LogP contribution in [-0.4, -0.2) is 85.9 Å². The number of halogens is 1. The minimum Gasteiger partial charge on any atom is -0.378 e. The summed E-state index contributed by atoms with van der Waals surface area (Å²) >= 11 is 6.04. The topological polar surface area (TPSA) is 70.2 Å². The van der Waals surface area contributed by atoms with Gasteiger partial charge >= 0.3 is 0 Å². The van der Waals surface area contributed by atoms with Gasteiger partial charge in [-0.1, -0.05) is 45.2 Å². The average Bonchev–Trinajstić information content (AvgIpc) is 3.94. The zero-order valence-electron chi connectivity index (χ0n) is 27.3. The largest absolute Gasteiger partial charge is 0.378 e. The Bertz CT molecular complexity index is 1130. The van der Waals surface area contributed by atoms with Gasteiger partial charge < -0.3 is 14.5 Å². The van der Waals surface area contributed by atoms with Gasteiger partial charge in [-0.05, 0) is 120 Å². The maximum Gasteiger partial charge on any atom is 0.243 e. The normalized spacial score (nSPS) is 29.2. The van der Waals surface area contributed by atoms with Crippen LogP contribution in [0, 0.1) is 11.3 Å². The van der Waals surface area contributed by atoms with Crippen LogP contribution >= 0.6 is 11.6 Å². The average molecular weight is 638 g/mol. The lowest BCUT2D eigenvalue weighted by molar-refractivity contribution is -0.137. The molecule has 43 heavy (non-hydrogen) atoms. The Hall–Kier alpha value is -1.19. The number of ether oxygens (including phenoxy) is 1. The van der Waals surface area contributed by atoms with E-state index in [1.54, 1.807) is 28.6 Å². The summed E-state index contributed by atoms with van der Waals surface area (Å²) in [6, 6.07) is 6.57. The molecule has 1 aromatic rings. The van der Waals surface area contributed by atoms with Crippen LogP contribution < -0.4 is 0 Å². The van der Waals surface area contributed by atoms with E-state index < -0.39 is 10.0 Å². The van der Waals surface area contributed by atoms with Gasteiger partial charge in [0.15, 0.2) is 0 Å². The lowest BCUT2D eigenvalue weighted by Crippen LogP contribution is -2.59. The Morgan fingerprint density at radius 1 is 1.00 bits per heavy atom. The highest BCUT2D eigenvalue weighted by atomic mass is 35.5. The van der Waals surface area contributed by atoms with E-state index in [0.29, 0.717) is 36.6 Å². The summed E-state index contributed by atoms with van der Waals surface area (Å²) in [5.41, 5.74) is -0.330. The van der Waals surface area contributed by atoms with E-state index in [-0.39, 0.29) is 34.3 Å². The Labute approximate surface area is 266 Å². The molecule has 0 aromatic heterocycles. The molecule has 0 spiro atoms. The van der Waals surface area contributed by atoms with Crippen molar-refractivity contribution in [3.63, 3.8) is 0 Å². The highest BCUT2D eigenvalue weighted by Crippen LogP contribution is 2.57. The van der Waals surface area contributed by atoms with Crippen molar-refractivity contribution in [2.75, 3.05) is 33.4 Å². The van der Waals surface area contributed by atoms with E-state index in [9.17, 15) is 13.2 Å². The van der Waals surface area contributed by atoms with E-state index >= 15 is 0 Å². The molecule has 2 aliphatic carbocycles. The fourth-order valence-electron chi connectivity index (χ4n) is 7.39. The molecule has 4 atom stereocenters. The summed E-state index contributed by atoms with van der Waals surface area (Å²) in [5.74, 6) is 0.530. The first-order valence-electron chi connectivity index (χ1n) is 17.0. The number of hydrogen-bond donors (Lipinski definition) is 0. The van der Waals surface area contributed by atoms with Crippen LogP contribution in [0.3, 0.4) is 0 Å². The summed E-state index contributed by atoms with van der Waals surface area (Å²) in [4.78, 5) is 18.4. The van der Waals surface area contributed by atoms with Crippen molar-refractivity contribution in [1.82, 2.24) is 14.1 Å². The summed E-state index contributed by atoms with van der Waals surface area (Å²) in [5, 5.41) is 0.516. The molecular formula is C34H56ClN3O4S. The second kappa shape index (κ2) is 15.4. The molecule has 3 saturated heterocycles. The number of sulfonamides is 1. The van der Waals surface area contributed by atoms with Gasteiger partial charge in [-0.25, -0.2) is 8.42 Å². The highest BCUT2D eigenvalue weighted by Gasteiger charge is 2.60. The molecule has 244 valence electrons. The lowest BCUT2D eigenvalue weighted by atomic mass is 9.89. The summed E-state index contributed by atoms with van der Waals surface area (Å²) in [7, 11) is -1.55. The molecule has 7 nitrogen and oxygen atoms in total. The number of carbonyl (C=O) groups excluding carboxylic acids is 1. The first-order valence-corrected chi connectivity index (χ1v) is 18.8. The summed E-state index contributed by atoms with van der Waals surface area (Å²) in [6.07, 6.45) is 12.7. The predicted octanol–water partition coefficient (Wildman–Crippen LogP) is 6.99. The Balaban J connectivity index is 0.000000409. The summed E-state index contributed by atoms with van der Waals surface area (Å²) in [6.45, 7) is 11.7. The van der Waals surface area contributed by atoms with Crippen LogP contribution in [0.5, 0.6) is 0 Å². The Morgan fingerprint density at radius 3 is 2.19 bits per heavy atom. The zero-order valence-corrected chi connectivity index (χ0v) is 28.8. The smallest absolute Gasteiger partial charge is 0.243 e. The number of amides is 1.